The van der Waals surface area contributed by atoms with E-state index in [0.29, 0.717) is 5.75 Å². The van der Waals surface area contributed by atoms with Gasteiger partial charge < -0.3 is 14.8 Å². The van der Waals surface area contributed by atoms with E-state index in [4.69, 9.17) is 4.74 Å². The van der Waals surface area contributed by atoms with E-state index in [9.17, 15) is 5.11 Å². The van der Waals surface area contributed by atoms with Crippen LogP contribution in [-0.2, 0) is 11.3 Å². The summed E-state index contributed by atoms with van der Waals surface area (Å²) in [4.78, 5) is 5.59. The van der Waals surface area contributed by atoms with Gasteiger partial charge in [-0.15, -0.1) is 0 Å². The molecule has 0 bridgehead atoms. The molecule has 1 saturated heterocycles. The zero-order valence-electron chi connectivity index (χ0n) is 10.6. The molecule has 3 rings (SSSR count). The molecule has 2 aromatic rings. The van der Waals surface area contributed by atoms with Crippen LogP contribution in [0.15, 0.2) is 24.4 Å². The number of fused-ring (bicyclic) bond motifs is 1. The molecule has 0 atom stereocenters. The maximum atomic E-state index is 9.41. The molecule has 1 aliphatic rings. The largest absolute Gasteiger partial charge is 0.508 e. The van der Waals surface area contributed by atoms with E-state index in [1.165, 1.54) is 10.9 Å². The second-order valence-corrected chi connectivity index (χ2v) is 4.43. The molecule has 2 heterocycles. The average Bonchev–Trinajstić information content (AvgIpc) is 2.73. The average molecular weight is 255 g/mol. The Morgan fingerprint density at radius 2 is 2.06 bits per heavy atom. The number of aromatic hydroxyl groups is 1. The van der Waals surface area contributed by atoms with Crippen LogP contribution in [0.5, 0.6) is 5.75 Å². The summed E-state index contributed by atoms with van der Waals surface area (Å²) in [7, 11) is 0. The molecule has 0 unspecified atom stereocenters. The Hall–Kier alpha value is -0.520. The predicted molar refractivity (Wildman–Crippen MR) is 71.8 cm³/mol. The van der Waals surface area contributed by atoms with E-state index in [-0.39, 0.29) is 29.6 Å². The molecule has 1 aromatic heterocycles. The minimum atomic E-state index is 0. The Balaban J connectivity index is 0.00000120. The van der Waals surface area contributed by atoms with Gasteiger partial charge in [-0.25, -0.2) is 0 Å². The second-order valence-electron chi connectivity index (χ2n) is 4.43. The number of nitrogens with zero attached hydrogens (tertiary/aromatic N) is 1. The summed E-state index contributed by atoms with van der Waals surface area (Å²) in [6, 6.07) is 5.47. The van der Waals surface area contributed by atoms with Crippen LogP contribution < -0.4 is 0 Å². The van der Waals surface area contributed by atoms with Gasteiger partial charge >= 0.3 is 0 Å². The third-order valence-corrected chi connectivity index (χ3v) is 3.25. The summed E-state index contributed by atoms with van der Waals surface area (Å²) < 4.78 is 5.34. The Morgan fingerprint density at radius 1 is 1.28 bits per heavy atom. The number of morpholine rings is 1. The van der Waals surface area contributed by atoms with Crippen molar-refractivity contribution in [1.29, 1.82) is 0 Å². The number of H-pyrrole nitrogens is 1. The number of rotatable bonds is 2. The third kappa shape index (κ3) is 2.90. The summed E-state index contributed by atoms with van der Waals surface area (Å²) >= 11 is 0. The molecule has 1 aliphatic heterocycles. The minimum absolute atomic E-state index is 0. The van der Waals surface area contributed by atoms with E-state index in [2.05, 4.69) is 9.88 Å². The number of nitrogens with one attached hydrogen (secondary N) is 1. The summed E-state index contributed by atoms with van der Waals surface area (Å²) in [5.74, 6) is 0.303. The van der Waals surface area contributed by atoms with Crippen LogP contribution in [0, 0.1) is 0 Å². The third-order valence-electron chi connectivity index (χ3n) is 3.25. The van der Waals surface area contributed by atoms with Gasteiger partial charge in [0.2, 0.25) is 0 Å². The summed E-state index contributed by atoms with van der Waals surface area (Å²) in [5.41, 5.74) is 2.27. The standard InChI is InChI=1S/C13H16N2O2.Na/c16-11-1-2-12-10(8-14-13(12)7-11)9-15-3-5-17-6-4-15;/h1-2,7-8,14,16H,3-6,9H2;. The van der Waals surface area contributed by atoms with Gasteiger partial charge in [-0.2, -0.15) is 0 Å². The fraction of sp³-hybridized carbons (Fsp3) is 0.385. The van der Waals surface area contributed by atoms with Gasteiger partial charge in [0, 0.05) is 72.4 Å². The monoisotopic (exact) mass is 255 g/mol. The molecule has 1 radical (unpaired) electrons. The topological polar surface area (TPSA) is 48.5 Å². The zero-order chi connectivity index (χ0) is 11.7. The van der Waals surface area contributed by atoms with Crippen molar-refractivity contribution in [3.63, 3.8) is 0 Å². The van der Waals surface area contributed by atoms with Crippen molar-refractivity contribution in [3.8, 4) is 5.75 Å². The Bertz CT molecular complexity index is 521. The van der Waals surface area contributed by atoms with E-state index in [0.717, 1.165) is 38.4 Å². The molecular weight excluding hydrogens is 239 g/mol. The van der Waals surface area contributed by atoms with Crippen LogP contribution in [0.2, 0.25) is 0 Å². The molecule has 91 valence electrons. The first kappa shape index (κ1) is 13.9. The summed E-state index contributed by atoms with van der Waals surface area (Å²) in [6.45, 7) is 4.57. The van der Waals surface area contributed by atoms with Crippen LogP contribution in [0.1, 0.15) is 5.56 Å². The number of ether oxygens (including phenoxy) is 1. The van der Waals surface area contributed by atoms with Crippen molar-refractivity contribution in [3.05, 3.63) is 30.0 Å². The van der Waals surface area contributed by atoms with Gasteiger partial charge in [0.1, 0.15) is 5.75 Å². The number of hydrogen-bond donors (Lipinski definition) is 2. The van der Waals surface area contributed by atoms with Crippen molar-refractivity contribution >= 4 is 40.5 Å². The molecule has 4 nitrogen and oxygen atoms in total. The van der Waals surface area contributed by atoms with E-state index < -0.39 is 0 Å². The Kier molecular flexibility index (Phi) is 4.70. The molecule has 0 spiro atoms. The van der Waals surface area contributed by atoms with Gasteiger partial charge in [0.25, 0.3) is 0 Å². The van der Waals surface area contributed by atoms with Gasteiger partial charge in [0.05, 0.1) is 13.2 Å². The number of aromatic amines is 1. The molecule has 1 fully saturated rings. The maximum Gasteiger partial charge on any atom is 0.117 e. The van der Waals surface area contributed by atoms with Crippen molar-refractivity contribution in [2.45, 2.75) is 6.54 Å². The van der Waals surface area contributed by atoms with Crippen molar-refractivity contribution in [2.24, 2.45) is 0 Å². The number of phenols is 1. The molecular formula is C13H16N2NaO2. The van der Waals surface area contributed by atoms with Crippen molar-refractivity contribution in [1.82, 2.24) is 9.88 Å². The van der Waals surface area contributed by atoms with Crippen LogP contribution in [0.3, 0.4) is 0 Å². The molecule has 0 amide bonds. The normalized spacial score (nSPS) is 16.7. The van der Waals surface area contributed by atoms with Gasteiger partial charge in [-0.3, -0.25) is 4.90 Å². The van der Waals surface area contributed by atoms with Crippen molar-refractivity contribution < 1.29 is 9.84 Å². The first-order chi connectivity index (χ1) is 8.33. The number of benzene rings is 1. The molecule has 0 aliphatic carbocycles. The van der Waals surface area contributed by atoms with E-state index in [1.807, 2.05) is 12.3 Å². The minimum Gasteiger partial charge on any atom is -0.508 e. The fourth-order valence-electron chi connectivity index (χ4n) is 2.31. The first-order valence-corrected chi connectivity index (χ1v) is 5.92. The molecule has 2 N–H and O–H groups in total. The van der Waals surface area contributed by atoms with E-state index >= 15 is 0 Å². The van der Waals surface area contributed by atoms with Gasteiger partial charge in [-0.1, -0.05) is 0 Å². The number of aromatic nitrogens is 1. The second kappa shape index (κ2) is 6.08. The van der Waals surface area contributed by atoms with Gasteiger partial charge in [-0.05, 0) is 17.7 Å². The first-order valence-electron chi connectivity index (χ1n) is 5.92. The molecule has 18 heavy (non-hydrogen) atoms. The predicted octanol–water partition coefficient (Wildman–Crippen LogP) is 1.32. The van der Waals surface area contributed by atoms with Crippen molar-refractivity contribution in [2.75, 3.05) is 26.3 Å². The molecule has 1 aromatic carbocycles. The quantitative estimate of drug-likeness (QED) is 0.796. The smallest absolute Gasteiger partial charge is 0.117 e. The van der Waals surface area contributed by atoms with Gasteiger partial charge in [0.15, 0.2) is 0 Å². The maximum absolute atomic E-state index is 9.41. The zero-order valence-corrected chi connectivity index (χ0v) is 12.6. The van der Waals surface area contributed by atoms with Crippen LogP contribution in [0.25, 0.3) is 10.9 Å². The van der Waals surface area contributed by atoms with E-state index in [1.54, 1.807) is 12.1 Å². The number of phenolic OH excluding ortho intramolecular Hbond substituents is 1. The SMILES string of the molecule is Oc1ccc2c(CN3CCOCC3)c[nH]c2c1.[Na]. The number of hydrogen-bond acceptors (Lipinski definition) is 3. The fourth-order valence-corrected chi connectivity index (χ4v) is 2.31. The van der Waals surface area contributed by atoms with Crippen LogP contribution in [0.4, 0.5) is 0 Å². The van der Waals surface area contributed by atoms with Crippen LogP contribution in [-0.4, -0.2) is 70.9 Å². The Morgan fingerprint density at radius 3 is 2.83 bits per heavy atom. The Labute approximate surface area is 128 Å². The summed E-state index contributed by atoms with van der Waals surface area (Å²) in [6.07, 6.45) is 2.03. The molecule has 5 heteroatoms. The molecule has 0 saturated carbocycles. The van der Waals surface area contributed by atoms with Crippen LogP contribution >= 0.6 is 0 Å². The summed E-state index contributed by atoms with van der Waals surface area (Å²) in [5, 5.41) is 10.6.